The van der Waals surface area contributed by atoms with E-state index in [2.05, 4.69) is 6.92 Å². The summed E-state index contributed by atoms with van der Waals surface area (Å²) >= 11 is 0. The van der Waals surface area contributed by atoms with E-state index in [-0.39, 0.29) is 5.92 Å². The summed E-state index contributed by atoms with van der Waals surface area (Å²) in [5, 5.41) is 0. The van der Waals surface area contributed by atoms with Crippen LogP contribution in [-0.4, -0.2) is 6.29 Å². The Kier molecular flexibility index (Phi) is 3.07. The van der Waals surface area contributed by atoms with Crippen molar-refractivity contribution in [3.05, 3.63) is 29.3 Å². The van der Waals surface area contributed by atoms with Crippen molar-refractivity contribution >= 4 is 12.0 Å². The normalized spacial score (nSPS) is 12.5. The Morgan fingerprint density at radius 1 is 1.54 bits per heavy atom. The smallest absolute Gasteiger partial charge is 0.127 e. The predicted molar refractivity (Wildman–Crippen MR) is 54.7 cm³/mol. The summed E-state index contributed by atoms with van der Waals surface area (Å²) in [6.07, 6.45) is 1.83. The Balaban J connectivity index is 3.14. The summed E-state index contributed by atoms with van der Waals surface area (Å²) in [6.45, 7) is 3.92. The lowest BCUT2D eigenvalue weighted by molar-refractivity contribution is -0.108. The highest BCUT2D eigenvalue weighted by Gasteiger charge is 2.09. The Morgan fingerprint density at radius 3 is 2.77 bits per heavy atom. The Hall–Kier alpha value is -1.31. The number of anilines is 1. The van der Waals surface area contributed by atoms with Crippen LogP contribution in [0.4, 0.5) is 5.69 Å². The van der Waals surface area contributed by atoms with Gasteiger partial charge in [-0.05, 0) is 17.5 Å². The standard InChI is InChI=1S/C11H15NO/c1-3-9-5-4-6-10(11(9)12)8(2)7-13/h4-8H,3,12H2,1-2H3. The van der Waals surface area contributed by atoms with Gasteiger partial charge in [-0.2, -0.15) is 0 Å². The molecule has 0 fully saturated rings. The van der Waals surface area contributed by atoms with Crippen molar-refractivity contribution in [2.75, 3.05) is 5.73 Å². The van der Waals surface area contributed by atoms with Crippen LogP contribution in [0.25, 0.3) is 0 Å². The highest BCUT2D eigenvalue weighted by Crippen LogP contribution is 2.24. The van der Waals surface area contributed by atoms with Crippen LogP contribution in [0.2, 0.25) is 0 Å². The molecule has 0 radical (unpaired) electrons. The molecule has 0 heterocycles. The molecule has 70 valence electrons. The maximum atomic E-state index is 10.6. The molecule has 1 rings (SSSR count). The molecule has 0 aromatic heterocycles. The van der Waals surface area contributed by atoms with Gasteiger partial charge in [0.25, 0.3) is 0 Å². The largest absolute Gasteiger partial charge is 0.398 e. The third-order valence-corrected chi connectivity index (χ3v) is 2.31. The average Bonchev–Trinajstić information content (AvgIpc) is 2.17. The van der Waals surface area contributed by atoms with Gasteiger partial charge >= 0.3 is 0 Å². The van der Waals surface area contributed by atoms with E-state index >= 15 is 0 Å². The van der Waals surface area contributed by atoms with Gasteiger partial charge in [-0.15, -0.1) is 0 Å². The summed E-state index contributed by atoms with van der Waals surface area (Å²) < 4.78 is 0. The van der Waals surface area contributed by atoms with E-state index in [9.17, 15) is 4.79 Å². The molecule has 0 bridgehead atoms. The number of carbonyl (C=O) groups is 1. The molecule has 1 unspecified atom stereocenters. The summed E-state index contributed by atoms with van der Waals surface area (Å²) in [4.78, 5) is 10.6. The number of para-hydroxylation sites is 1. The van der Waals surface area contributed by atoms with Crippen LogP contribution in [0.5, 0.6) is 0 Å². The quantitative estimate of drug-likeness (QED) is 0.567. The van der Waals surface area contributed by atoms with Crippen LogP contribution in [-0.2, 0) is 11.2 Å². The molecule has 1 aromatic rings. The highest BCUT2D eigenvalue weighted by atomic mass is 16.1. The number of benzene rings is 1. The van der Waals surface area contributed by atoms with E-state index in [0.29, 0.717) is 0 Å². The van der Waals surface area contributed by atoms with Crippen LogP contribution in [0.3, 0.4) is 0 Å². The molecule has 2 N–H and O–H groups in total. The van der Waals surface area contributed by atoms with Crippen LogP contribution in [0, 0.1) is 0 Å². The van der Waals surface area contributed by atoms with Gasteiger partial charge in [0.05, 0.1) is 0 Å². The monoisotopic (exact) mass is 177 g/mol. The number of aldehydes is 1. The molecule has 0 saturated heterocycles. The lowest BCUT2D eigenvalue weighted by Gasteiger charge is -2.11. The second-order valence-corrected chi connectivity index (χ2v) is 3.20. The van der Waals surface area contributed by atoms with Gasteiger partial charge in [0, 0.05) is 11.6 Å². The van der Waals surface area contributed by atoms with E-state index in [1.54, 1.807) is 0 Å². The molecule has 0 aliphatic carbocycles. The molecule has 0 saturated carbocycles. The van der Waals surface area contributed by atoms with Gasteiger partial charge in [0.2, 0.25) is 0 Å². The zero-order chi connectivity index (χ0) is 9.84. The van der Waals surface area contributed by atoms with Crippen molar-refractivity contribution in [3.63, 3.8) is 0 Å². The number of hydrogen-bond donors (Lipinski definition) is 1. The van der Waals surface area contributed by atoms with Crippen LogP contribution in [0.1, 0.15) is 30.9 Å². The Morgan fingerprint density at radius 2 is 2.23 bits per heavy atom. The van der Waals surface area contributed by atoms with Gasteiger partial charge in [-0.3, -0.25) is 0 Å². The highest BCUT2D eigenvalue weighted by molar-refractivity contribution is 5.68. The molecular formula is C11H15NO. The van der Waals surface area contributed by atoms with Crippen molar-refractivity contribution in [3.8, 4) is 0 Å². The first-order valence-electron chi connectivity index (χ1n) is 4.53. The minimum atomic E-state index is -0.105. The minimum absolute atomic E-state index is 0.105. The fraction of sp³-hybridized carbons (Fsp3) is 0.364. The van der Waals surface area contributed by atoms with Gasteiger partial charge < -0.3 is 10.5 Å². The van der Waals surface area contributed by atoms with Crippen molar-refractivity contribution < 1.29 is 4.79 Å². The fourth-order valence-electron chi connectivity index (χ4n) is 1.41. The first-order chi connectivity index (χ1) is 6.20. The average molecular weight is 177 g/mol. The molecule has 0 aliphatic heterocycles. The number of nitrogen functional groups attached to an aromatic ring is 1. The van der Waals surface area contributed by atoms with Gasteiger partial charge in [0.1, 0.15) is 6.29 Å². The van der Waals surface area contributed by atoms with Crippen molar-refractivity contribution in [1.82, 2.24) is 0 Å². The van der Waals surface area contributed by atoms with E-state index in [4.69, 9.17) is 5.73 Å². The number of aryl methyl sites for hydroxylation is 1. The molecule has 2 nitrogen and oxygen atoms in total. The first-order valence-corrected chi connectivity index (χ1v) is 4.53. The summed E-state index contributed by atoms with van der Waals surface area (Å²) in [5.41, 5.74) is 8.74. The van der Waals surface area contributed by atoms with Gasteiger partial charge in [-0.25, -0.2) is 0 Å². The molecule has 0 spiro atoms. The van der Waals surface area contributed by atoms with Crippen molar-refractivity contribution in [2.24, 2.45) is 0 Å². The van der Waals surface area contributed by atoms with E-state index in [0.717, 1.165) is 29.5 Å². The topological polar surface area (TPSA) is 43.1 Å². The van der Waals surface area contributed by atoms with Gasteiger partial charge in [0.15, 0.2) is 0 Å². The van der Waals surface area contributed by atoms with Crippen molar-refractivity contribution in [2.45, 2.75) is 26.2 Å². The van der Waals surface area contributed by atoms with Crippen LogP contribution >= 0.6 is 0 Å². The molecule has 0 amide bonds. The first kappa shape index (κ1) is 9.78. The third kappa shape index (κ3) is 1.89. The van der Waals surface area contributed by atoms with E-state index in [1.807, 2.05) is 25.1 Å². The molecule has 13 heavy (non-hydrogen) atoms. The summed E-state index contributed by atoms with van der Waals surface area (Å²) in [5.74, 6) is -0.105. The Bertz CT molecular complexity index is 307. The maximum Gasteiger partial charge on any atom is 0.127 e. The number of hydrogen-bond acceptors (Lipinski definition) is 2. The van der Waals surface area contributed by atoms with Gasteiger partial charge in [-0.1, -0.05) is 32.0 Å². The lowest BCUT2D eigenvalue weighted by atomic mass is 9.97. The Labute approximate surface area is 78.8 Å². The molecule has 1 aromatic carbocycles. The zero-order valence-electron chi connectivity index (χ0n) is 8.08. The number of rotatable bonds is 3. The summed E-state index contributed by atoms with van der Waals surface area (Å²) in [7, 11) is 0. The SMILES string of the molecule is CCc1cccc(C(C)C=O)c1N. The minimum Gasteiger partial charge on any atom is -0.398 e. The predicted octanol–water partition coefficient (Wildman–Crippen LogP) is 2.13. The summed E-state index contributed by atoms with van der Waals surface area (Å²) in [6, 6.07) is 5.86. The second kappa shape index (κ2) is 4.08. The maximum absolute atomic E-state index is 10.6. The zero-order valence-corrected chi connectivity index (χ0v) is 8.08. The third-order valence-electron chi connectivity index (χ3n) is 2.31. The number of carbonyl (C=O) groups excluding carboxylic acids is 1. The van der Waals surface area contributed by atoms with E-state index in [1.165, 1.54) is 0 Å². The number of nitrogens with two attached hydrogens (primary N) is 1. The fourth-order valence-corrected chi connectivity index (χ4v) is 1.41. The second-order valence-electron chi connectivity index (χ2n) is 3.20. The van der Waals surface area contributed by atoms with Crippen LogP contribution < -0.4 is 5.73 Å². The van der Waals surface area contributed by atoms with E-state index < -0.39 is 0 Å². The molecular weight excluding hydrogens is 162 g/mol. The molecule has 2 heteroatoms. The van der Waals surface area contributed by atoms with Crippen molar-refractivity contribution in [1.29, 1.82) is 0 Å². The van der Waals surface area contributed by atoms with Crippen LogP contribution in [0.15, 0.2) is 18.2 Å². The molecule has 1 atom stereocenters. The lowest BCUT2D eigenvalue weighted by Crippen LogP contribution is -2.03. The molecule has 0 aliphatic rings.